The summed E-state index contributed by atoms with van der Waals surface area (Å²) in [6, 6.07) is 9.53. The van der Waals surface area contributed by atoms with Crippen molar-refractivity contribution in [2.75, 3.05) is 26.6 Å². The molecule has 0 aromatic heterocycles. The molecule has 1 aliphatic heterocycles. The highest BCUT2D eigenvalue weighted by Crippen LogP contribution is 2.43. The molecule has 0 bridgehead atoms. The zero-order valence-corrected chi connectivity index (χ0v) is 15.3. The molecule has 0 saturated heterocycles. The SMILES string of the molecule is COc1ccc(CC2C(=O)Nc3ccc(Br)cc32)c(OC)c1OC. The zero-order valence-electron chi connectivity index (χ0n) is 13.7. The molecule has 1 amide bonds. The average Bonchev–Trinajstić information content (AvgIpc) is 2.89. The van der Waals surface area contributed by atoms with Gasteiger partial charge in [0, 0.05) is 10.2 Å². The molecule has 1 unspecified atom stereocenters. The predicted octanol–water partition coefficient (Wildman–Crippen LogP) is 3.75. The number of anilines is 1. The van der Waals surface area contributed by atoms with E-state index in [4.69, 9.17) is 14.2 Å². The maximum atomic E-state index is 12.4. The van der Waals surface area contributed by atoms with E-state index in [1.54, 1.807) is 21.3 Å². The minimum Gasteiger partial charge on any atom is -0.493 e. The highest BCUT2D eigenvalue weighted by atomic mass is 79.9. The normalized spacial score (nSPS) is 15.7. The number of methoxy groups -OCH3 is 3. The zero-order chi connectivity index (χ0) is 17.3. The quantitative estimate of drug-likeness (QED) is 0.842. The lowest BCUT2D eigenvalue weighted by atomic mass is 9.92. The van der Waals surface area contributed by atoms with Gasteiger partial charge in [0.15, 0.2) is 11.5 Å². The molecule has 1 N–H and O–H groups in total. The van der Waals surface area contributed by atoms with Gasteiger partial charge in [-0.1, -0.05) is 22.0 Å². The van der Waals surface area contributed by atoms with Crippen molar-refractivity contribution in [3.8, 4) is 17.2 Å². The number of rotatable bonds is 5. The first-order valence-corrected chi connectivity index (χ1v) is 8.26. The Morgan fingerprint density at radius 1 is 1.04 bits per heavy atom. The van der Waals surface area contributed by atoms with E-state index in [0.29, 0.717) is 23.7 Å². The number of hydrogen-bond donors (Lipinski definition) is 1. The minimum absolute atomic E-state index is 0.0139. The van der Waals surface area contributed by atoms with Crippen LogP contribution in [-0.2, 0) is 11.2 Å². The highest BCUT2D eigenvalue weighted by molar-refractivity contribution is 9.10. The van der Waals surface area contributed by atoms with Crippen LogP contribution in [0.4, 0.5) is 5.69 Å². The lowest BCUT2D eigenvalue weighted by molar-refractivity contribution is -0.117. The van der Waals surface area contributed by atoms with Crippen LogP contribution in [-0.4, -0.2) is 27.2 Å². The lowest BCUT2D eigenvalue weighted by Crippen LogP contribution is -2.15. The third-order valence-corrected chi connectivity index (χ3v) is 4.67. The van der Waals surface area contributed by atoms with Gasteiger partial charge in [0.05, 0.1) is 27.2 Å². The second-order valence-corrected chi connectivity index (χ2v) is 6.39. The Morgan fingerprint density at radius 3 is 2.46 bits per heavy atom. The van der Waals surface area contributed by atoms with Crippen molar-refractivity contribution in [2.24, 2.45) is 0 Å². The number of benzene rings is 2. The average molecular weight is 392 g/mol. The maximum absolute atomic E-state index is 12.4. The smallest absolute Gasteiger partial charge is 0.232 e. The van der Waals surface area contributed by atoms with Crippen LogP contribution in [0.25, 0.3) is 0 Å². The van der Waals surface area contributed by atoms with Gasteiger partial charge in [0.1, 0.15) is 0 Å². The number of carbonyl (C=O) groups is 1. The van der Waals surface area contributed by atoms with Crippen LogP contribution < -0.4 is 19.5 Å². The summed E-state index contributed by atoms with van der Waals surface area (Å²) in [6.45, 7) is 0. The van der Waals surface area contributed by atoms with Crippen LogP contribution in [0.3, 0.4) is 0 Å². The van der Waals surface area contributed by atoms with E-state index in [2.05, 4.69) is 21.2 Å². The van der Waals surface area contributed by atoms with Gasteiger partial charge in [-0.2, -0.15) is 0 Å². The number of fused-ring (bicyclic) bond motifs is 1. The molecule has 0 fully saturated rings. The second kappa shape index (κ2) is 6.73. The summed E-state index contributed by atoms with van der Waals surface area (Å²) < 4.78 is 17.2. The van der Waals surface area contributed by atoms with E-state index in [9.17, 15) is 4.79 Å². The van der Waals surface area contributed by atoms with E-state index in [0.717, 1.165) is 21.3 Å². The Hall–Kier alpha value is -2.21. The molecule has 0 aliphatic carbocycles. The molecule has 126 valence electrons. The number of nitrogens with one attached hydrogen (secondary N) is 1. The van der Waals surface area contributed by atoms with Crippen molar-refractivity contribution in [1.82, 2.24) is 0 Å². The summed E-state index contributed by atoms with van der Waals surface area (Å²) in [5.41, 5.74) is 2.72. The molecule has 0 spiro atoms. The Morgan fingerprint density at radius 2 is 1.79 bits per heavy atom. The fourth-order valence-corrected chi connectivity index (χ4v) is 3.42. The first-order chi connectivity index (χ1) is 11.6. The van der Waals surface area contributed by atoms with Crippen molar-refractivity contribution < 1.29 is 19.0 Å². The van der Waals surface area contributed by atoms with E-state index < -0.39 is 0 Å². The molecule has 6 heteroatoms. The predicted molar refractivity (Wildman–Crippen MR) is 95.3 cm³/mol. The Kier molecular flexibility index (Phi) is 4.66. The van der Waals surface area contributed by atoms with Crippen LogP contribution >= 0.6 is 15.9 Å². The second-order valence-electron chi connectivity index (χ2n) is 5.47. The van der Waals surface area contributed by atoms with Crippen LogP contribution in [0.5, 0.6) is 17.2 Å². The van der Waals surface area contributed by atoms with Gasteiger partial charge in [-0.15, -0.1) is 0 Å². The third-order valence-electron chi connectivity index (χ3n) is 4.17. The van der Waals surface area contributed by atoms with Crippen LogP contribution in [0.2, 0.25) is 0 Å². The number of hydrogen-bond acceptors (Lipinski definition) is 4. The van der Waals surface area contributed by atoms with E-state index >= 15 is 0 Å². The lowest BCUT2D eigenvalue weighted by Gasteiger charge is -2.17. The minimum atomic E-state index is -0.274. The number of carbonyl (C=O) groups excluding carboxylic acids is 1. The molecule has 1 aliphatic rings. The van der Waals surface area contributed by atoms with Crippen LogP contribution in [0, 0.1) is 0 Å². The molecule has 0 saturated carbocycles. The molecule has 2 aromatic rings. The van der Waals surface area contributed by atoms with Gasteiger partial charge in [0.2, 0.25) is 11.7 Å². The first-order valence-electron chi connectivity index (χ1n) is 7.47. The van der Waals surface area contributed by atoms with Crippen molar-refractivity contribution in [3.63, 3.8) is 0 Å². The van der Waals surface area contributed by atoms with E-state index in [-0.39, 0.29) is 11.8 Å². The number of ether oxygens (including phenoxy) is 3. The van der Waals surface area contributed by atoms with Gasteiger partial charge >= 0.3 is 0 Å². The molecular weight excluding hydrogens is 374 g/mol. The van der Waals surface area contributed by atoms with Gasteiger partial charge < -0.3 is 19.5 Å². The van der Waals surface area contributed by atoms with E-state index in [1.165, 1.54) is 0 Å². The molecule has 5 nitrogen and oxygen atoms in total. The molecule has 0 radical (unpaired) electrons. The summed E-state index contributed by atoms with van der Waals surface area (Å²) in [4.78, 5) is 12.4. The van der Waals surface area contributed by atoms with Gasteiger partial charge in [0.25, 0.3) is 0 Å². The van der Waals surface area contributed by atoms with E-state index in [1.807, 2.05) is 30.3 Å². The fourth-order valence-electron chi connectivity index (χ4n) is 3.04. The topological polar surface area (TPSA) is 56.8 Å². The maximum Gasteiger partial charge on any atom is 0.232 e. The molecule has 3 rings (SSSR count). The number of amides is 1. The van der Waals surface area contributed by atoms with Crippen molar-refractivity contribution >= 4 is 27.5 Å². The number of halogens is 1. The largest absolute Gasteiger partial charge is 0.493 e. The molecule has 2 aromatic carbocycles. The highest BCUT2D eigenvalue weighted by Gasteiger charge is 2.32. The Bertz CT molecular complexity index is 791. The Labute approximate surface area is 149 Å². The molecule has 24 heavy (non-hydrogen) atoms. The summed E-state index contributed by atoms with van der Waals surface area (Å²) in [5, 5.41) is 2.93. The van der Waals surface area contributed by atoms with Crippen LogP contribution in [0.1, 0.15) is 17.0 Å². The fraction of sp³-hybridized carbons (Fsp3) is 0.278. The third kappa shape index (κ3) is 2.82. The molecule has 1 atom stereocenters. The van der Waals surface area contributed by atoms with Gasteiger partial charge in [-0.05, 0) is 41.8 Å². The summed E-state index contributed by atoms with van der Waals surface area (Å²) in [7, 11) is 4.73. The summed E-state index contributed by atoms with van der Waals surface area (Å²) >= 11 is 3.47. The van der Waals surface area contributed by atoms with Gasteiger partial charge in [-0.3, -0.25) is 4.79 Å². The Balaban J connectivity index is 2.00. The van der Waals surface area contributed by atoms with Gasteiger partial charge in [-0.25, -0.2) is 0 Å². The first kappa shape index (κ1) is 16.6. The molecule has 1 heterocycles. The van der Waals surface area contributed by atoms with Crippen LogP contribution in [0.15, 0.2) is 34.8 Å². The van der Waals surface area contributed by atoms with Crippen molar-refractivity contribution in [3.05, 3.63) is 45.9 Å². The molecular formula is C18H18BrNO4. The summed E-state index contributed by atoms with van der Waals surface area (Å²) in [6.07, 6.45) is 0.513. The monoisotopic (exact) mass is 391 g/mol. The standard InChI is InChI=1S/C18H18BrNO4/c1-22-15-7-4-10(16(23-2)17(15)24-3)8-13-12-9-11(19)5-6-14(12)20-18(13)21/h4-7,9,13H,8H2,1-3H3,(H,20,21). The van der Waals surface area contributed by atoms with Crippen molar-refractivity contribution in [2.45, 2.75) is 12.3 Å². The summed E-state index contributed by atoms with van der Waals surface area (Å²) in [5.74, 6) is 1.43. The van der Waals surface area contributed by atoms with Crippen molar-refractivity contribution in [1.29, 1.82) is 0 Å².